The van der Waals surface area contributed by atoms with Crippen molar-refractivity contribution >= 4 is 52.4 Å². The Balaban J connectivity index is 0.973. The highest BCUT2D eigenvalue weighted by Crippen LogP contribution is 2.33. The lowest BCUT2D eigenvalue weighted by atomic mass is 9.97. The first-order valence-corrected chi connectivity index (χ1v) is 18.4. The summed E-state index contributed by atoms with van der Waals surface area (Å²) in [6.07, 6.45) is 12.3. The molecular formula is C50H45N4+. The average molecular weight is 702 g/mol. The van der Waals surface area contributed by atoms with E-state index in [-0.39, 0.29) is 0 Å². The number of nitrogens with zero attached hydrogens (tertiary/aromatic N) is 3. The van der Waals surface area contributed by atoms with E-state index in [9.17, 15) is 0 Å². The first kappa shape index (κ1) is 35.7. The molecule has 0 unspecified atom stereocenters. The molecule has 0 amide bonds. The lowest BCUT2D eigenvalue weighted by molar-refractivity contribution is -0.666. The Bertz CT molecular complexity index is 2520. The van der Waals surface area contributed by atoms with Crippen LogP contribution in [0.25, 0.3) is 56.4 Å². The van der Waals surface area contributed by atoms with Crippen LogP contribution in [-0.4, -0.2) is 19.5 Å². The number of pyridine rings is 1. The molecule has 7 aromatic rings. The zero-order valence-electron chi connectivity index (χ0n) is 31.6. The number of fused-ring (bicyclic) bond motifs is 1. The van der Waals surface area contributed by atoms with Crippen molar-refractivity contribution in [1.82, 2.24) is 0 Å². The summed E-state index contributed by atoms with van der Waals surface area (Å²) in [6, 6.07) is 49.2. The summed E-state index contributed by atoms with van der Waals surface area (Å²) >= 11 is 0. The van der Waals surface area contributed by atoms with E-state index in [0.717, 1.165) is 39.3 Å². The van der Waals surface area contributed by atoms with E-state index in [1.807, 2.05) is 33.3 Å². The van der Waals surface area contributed by atoms with Gasteiger partial charge in [-0.25, -0.2) is 0 Å². The van der Waals surface area contributed by atoms with Crippen LogP contribution in [0.3, 0.4) is 0 Å². The molecule has 0 aliphatic heterocycles. The van der Waals surface area contributed by atoms with Crippen molar-refractivity contribution in [3.63, 3.8) is 0 Å². The molecule has 54 heavy (non-hydrogen) atoms. The zero-order valence-corrected chi connectivity index (χ0v) is 31.6. The van der Waals surface area contributed by atoms with Gasteiger partial charge in [-0.05, 0) is 107 Å². The second-order valence-corrected chi connectivity index (χ2v) is 13.4. The van der Waals surface area contributed by atoms with E-state index in [0.29, 0.717) is 0 Å². The first-order chi connectivity index (χ1) is 26.4. The molecule has 4 heteroatoms. The van der Waals surface area contributed by atoms with E-state index >= 15 is 0 Å². The summed E-state index contributed by atoms with van der Waals surface area (Å²) in [5.74, 6) is 0. The van der Waals surface area contributed by atoms with Crippen molar-refractivity contribution < 1.29 is 4.57 Å². The minimum atomic E-state index is 0.913. The van der Waals surface area contributed by atoms with Gasteiger partial charge in [0.05, 0.1) is 11.4 Å². The Morgan fingerprint density at radius 3 is 1.54 bits per heavy atom. The maximum absolute atomic E-state index is 4.75. The second-order valence-electron chi connectivity index (χ2n) is 13.4. The summed E-state index contributed by atoms with van der Waals surface area (Å²) in [4.78, 5) is 9.48. The number of benzene rings is 6. The summed E-state index contributed by atoms with van der Waals surface area (Å²) in [5, 5.41) is 5.84. The summed E-state index contributed by atoms with van der Waals surface area (Å²) in [5.41, 5.74) is 15.8. The maximum Gasteiger partial charge on any atom is 0.212 e. The Morgan fingerprint density at radius 1 is 0.519 bits per heavy atom. The Morgan fingerprint density at radius 2 is 0.981 bits per heavy atom. The number of allylic oxidation sites excluding steroid dienone is 2. The van der Waals surface area contributed by atoms with Crippen LogP contribution in [0, 0.1) is 6.92 Å². The smallest absolute Gasteiger partial charge is 0.212 e. The first-order valence-electron chi connectivity index (χ1n) is 18.4. The molecule has 0 bridgehead atoms. The average Bonchev–Trinajstić information content (AvgIpc) is 3.22. The molecule has 0 aliphatic carbocycles. The fraction of sp³-hybridized carbons (Fsp3) is 0.100. The molecule has 6 aromatic carbocycles. The molecule has 0 atom stereocenters. The Kier molecular flexibility index (Phi) is 10.8. The van der Waals surface area contributed by atoms with Crippen LogP contribution in [0.5, 0.6) is 0 Å². The number of aromatic nitrogens is 1. The lowest BCUT2D eigenvalue weighted by Gasteiger charge is -2.12. The van der Waals surface area contributed by atoms with Crippen LogP contribution < -0.4 is 9.88 Å². The highest BCUT2D eigenvalue weighted by molar-refractivity contribution is 6.00. The van der Waals surface area contributed by atoms with Crippen molar-refractivity contribution in [2.24, 2.45) is 17.0 Å². The summed E-state index contributed by atoms with van der Waals surface area (Å²) in [7, 11) is 4.10. The molecule has 1 heterocycles. The zero-order chi connectivity index (χ0) is 37.4. The van der Waals surface area contributed by atoms with Crippen LogP contribution >= 0.6 is 0 Å². The van der Waals surface area contributed by atoms with E-state index < -0.39 is 0 Å². The molecule has 1 N–H and O–H groups in total. The number of nitrogens with one attached hydrogen (secondary N) is 1. The summed E-state index contributed by atoms with van der Waals surface area (Å²) in [6.45, 7) is 6.25. The van der Waals surface area contributed by atoms with Crippen LogP contribution in [0.4, 0.5) is 17.1 Å². The van der Waals surface area contributed by atoms with Gasteiger partial charge in [-0.3, -0.25) is 9.98 Å². The number of hydrogen-bond acceptors (Lipinski definition) is 3. The van der Waals surface area contributed by atoms with Crippen molar-refractivity contribution in [3.05, 3.63) is 180 Å². The highest BCUT2D eigenvalue weighted by Gasteiger charge is 2.14. The van der Waals surface area contributed by atoms with Crippen molar-refractivity contribution in [2.45, 2.75) is 20.8 Å². The largest absolute Gasteiger partial charge is 0.387 e. The third-order valence-corrected chi connectivity index (χ3v) is 9.94. The van der Waals surface area contributed by atoms with E-state index in [2.05, 4.69) is 188 Å². The van der Waals surface area contributed by atoms with Crippen LogP contribution in [0.2, 0.25) is 0 Å². The Labute approximate surface area is 319 Å². The fourth-order valence-corrected chi connectivity index (χ4v) is 6.81. The number of aliphatic imine (C=N–C) groups is 2. The van der Waals surface area contributed by atoms with Crippen LogP contribution in [-0.2, 0) is 7.05 Å². The van der Waals surface area contributed by atoms with Crippen molar-refractivity contribution in [3.8, 4) is 33.5 Å². The molecule has 7 rings (SSSR count). The van der Waals surface area contributed by atoms with Gasteiger partial charge in [0.2, 0.25) is 5.69 Å². The predicted molar refractivity (Wildman–Crippen MR) is 233 cm³/mol. The quantitative estimate of drug-likeness (QED) is 0.112. The maximum atomic E-state index is 4.75. The minimum Gasteiger partial charge on any atom is -0.387 e. The van der Waals surface area contributed by atoms with Gasteiger partial charge < -0.3 is 5.32 Å². The monoisotopic (exact) mass is 701 g/mol. The van der Waals surface area contributed by atoms with Crippen molar-refractivity contribution in [2.75, 3.05) is 12.4 Å². The molecule has 0 aliphatic rings. The van der Waals surface area contributed by atoms with Gasteiger partial charge in [-0.1, -0.05) is 109 Å². The van der Waals surface area contributed by atoms with Crippen LogP contribution in [0.1, 0.15) is 41.8 Å². The lowest BCUT2D eigenvalue weighted by Crippen LogP contribution is -2.35. The van der Waals surface area contributed by atoms with Crippen LogP contribution in [0.15, 0.2) is 162 Å². The van der Waals surface area contributed by atoms with Gasteiger partial charge in [0.15, 0.2) is 5.69 Å². The predicted octanol–water partition coefficient (Wildman–Crippen LogP) is 12.6. The van der Waals surface area contributed by atoms with Gasteiger partial charge in [0, 0.05) is 54.7 Å². The van der Waals surface area contributed by atoms with Gasteiger partial charge in [0.25, 0.3) is 0 Å². The van der Waals surface area contributed by atoms with Gasteiger partial charge >= 0.3 is 0 Å². The third kappa shape index (κ3) is 7.89. The molecule has 0 saturated heterocycles. The summed E-state index contributed by atoms with van der Waals surface area (Å²) < 4.78 is 2.24. The third-order valence-electron chi connectivity index (χ3n) is 9.94. The molecule has 0 fully saturated rings. The van der Waals surface area contributed by atoms with Gasteiger partial charge in [-0.2, -0.15) is 4.57 Å². The fourth-order valence-electron chi connectivity index (χ4n) is 6.81. The topological polar surface area (TPSA) is 40.6 Å². The highest BCUT2D eigenvalue weighted by atomic mass is 14.9. The molecule has 264 valence electrons. The van der Waals surface area contributed by atoms with E-state index in [1.54, 1.807) is 0 Å². The van der Waals surface area contributed by atoms with Gasteiger partial charge in [0.1, 0.15) is 7.05 Å². The van der Waals surface area contributed by atoms with E-state index in [4.69, 9.17) is 9.98 Å². The van der Waals surface area contributed by atoms with E-state index in [1.165, 1.54) is 50.0 Å². The normalized spacial score (nSPS) is 11.9. The van der Waals surface area contributed by atoms with Crippen molar-refractivity contribution in [1.29, 1.82) is 0 Å². The number of anilines is 1. The Hall–Kier alpha value is -6.65. The molecule has 0 spiro atoms. The minimum absolute atomic E-state index is 0.913. The molecule has 1 aromatic heterocycles. The SMILES string of the molecule is C/C=C\c1ccc2ccc(-c3ccc(C=Nc4ccc(-c5ccc(N=Cc6ccc(-c7ccc(/C=C\C)c(C)[n+]7C)cc6)cc5)cc4)cc3)cc2c1NC. The van der Waals surface area contributed by atoms with Gasteiger partial charge in [-0.15, -0.1) is 0 Å². The molecular weight excluding hydrogens is 657 g/mol. The molecule has 0 radical (unpaired) electrons. The second kappa shape index (κ2) is 16.4. The number of rotatable bonds is 10. The standard InChI is InChI=1S/C50H44N4/c1-6-8-38-26-31-49(54(5)35(38)3)43-16-12-37(13-17-43)34-53-47-29-24-40(25-30-47)39-22-27-46(28-23-39)52-33-36-10-14-41(15-11-36)45-21-19-42-18-20-44(9-7-2)50(51-4)48(42)32-45/h6-34H,1-5H3/p+1/b8-6-,9-7-. The number of hydrogen-bond donors (Lipinski definition) is 1. The molecule has 0 saturated carbocycles. The molecule has 4 nitrogen and oxygen atoms in total.